The summed E-state index contributed by atoms with van der Waals surface area (Å²) in [6.07, 6.45) is -3.04. The van der Waals surface area contributed by atoms with Gasteiger partial charge >= 0.3 is 0 Å². The van der Waals surface area contributed by atoms with Crippen LogP contribution in [0.5, 0.6) is 0 Å². The van der Waals surface area contributed by atoms with Gasteiger partial charge in [0, 0.05) is 6.92 Å². The number of hydrogen-bond donors (Lipinski definition) is 4. The van der Waals surface area contributed by atoms with Crippen molar-refractivity contribution in [3.8, 4) is 0 Å². The monoisotopic (exact) mass is 275 g/mol. The molecule has 112 valence electrons. The summed E-state index contributed by atoms with van der Waals surface area (Å²) in [4.78, 5) is 11.2. The van der Waals surface area contributed by atoms with E-state index in [1.165, 1.54) is 6.92 Å². The highest BCUT2D eigenvalue weighted by atomic mass is 16.5. The zero-order valence-electron chi connectivity index (χ0n) is 12.0. The maximum absolute atomic E-state index is 11.2. The maximum Gasteiger partial charge on any atom is 0.217 e. The lowest BCUT2D eigenvalue weighted by molar-refractivity contribution is -0.200. The number of ether oxygens (including phenoxy) is 1. The quantitative estimate of drug-likeness (QED) is 0.552. The van der Waals surface area contributed by atoms with Crippen molar-refractivity contribution >= 4 is 5.91 Å². The first-order valence-electron chi connectivity index (χ1n) is 6.55. The molecule has 4 N–H and O–H groups in total. The molecule has 5 atom stereocenters. The Morgan fingerprint density at radius 3 is 2.21 bits per heavy atom. The van der Waals surface area contributed by atoms with E-state index in [0.29, 0.717) is 6.42 Å². The molecule has 6 nitrogen and oxygen atoms in total. The van der Waals surface area contributed by atoms with Gasteiger partial charge in [-0.15, -0.1) is 0 Å². The van der Waals surface area contributed by atoms with E-state index in [-0.39, 0.29) is 17.9 Å². The van der Waals surface area contributed by atoms with E-state index in [4.69, 9.17) is 4.74 Å². The van der Waals surface area contributed by atoms with Gasteiger partial charge in [-0.3, -0.25) is 4.79 Å². The van der Waals surface area contributed by atoms with Crippen LogP contribution in [0.4, 0.5) is 0 Å². The highest BCUT2D eigenvalue weighted by Crippen LogP contribution is 2.30. The van der Waals surface area contributed by atoms with Gasteiger partial charge in [-0.2, -0.15) is 0 Å². The summed E-state index contributed by atoms with van der Waals surface area (Å²) in [5.41, 5.74) is -0.0661. The number of amides is 1. The van der Waals surface area contributed by atoms with Crippen LogP contribution >= 0.6 is 0 Å². The molecule has 0 saturated carbocycles. The molecular formula is C13H25NO5. The molecule has 1 aliphatic rings. The molecule has 0 spiro atoms. The first-order valence-corrected chi connectivity index (χ1v) is 6.55. The van der Waals surface area contributed by atoms with Gasteiger partial charge in [0.2, 0.25) is 5.91 Å². The lowest BCUT2D eigenvalue weighted by atomic mass is 9.82. The first kappa shape index (κ1) is 16.4. The Morgan fingerprint density at radius 1 is 1.21 bits per heavy atom. The highest BCUT2D eigenvalue weighted by molar-refractivity contribution is 5.73. The fraction of sp³-hybridized carbons (Fsp3) is 0.923. The molecule has 0 aliphatic carbocycles. The summed E-state index contributed by atoms with van der Waals surface area (Å²) in [5.74, 6) is -0.291. The lowest BCUT2D eigenvalue weighted by Gasteiger charge is -2.44. The molecule has 0 aromatic heterocycles. The standard InChI is InChI=1S/C13H25NO5/c1-7(16)14-10-8(5-13(2,3)4)19-9(6-15)11(17)12(10)18/h8-12,15,17-18H,5-6H2,1-4H3,(H,14,16)/t8-,9+,10-,11-,12+/m0/s1. The zero-order valence-corrected chi connectivity index (χ0v) is 12.0. The van der Waals surface area contributed by atoms with Gasteiger partial charge in [0.1, 0.15) is 18.3 Å². The smallest absolute Gasteiger partial charge is 0.217 e. The number of carbonyl (C=O) groups is 1. The topological polar surface area (TPSA) is 99.0 Å². The van der Waals surface area contributed by atoms with Crippen molar-refractivity contribution in [2.75, 3.05) is 6.61 Å². The van der Waals surface area contributed by atoms with Gasteiger partial charge in [0.05, 0.1) is 18.8 Å². The van der Waals surface area contributed by atoms with E-state index < -0.39 is 30.5 Å². The van der Waals surface area contributed by atoms with Crippen molar-refractivity contribution in [1.29, 1.82) is 0 Å². The van der Waals surface area contributed by atoms with Crippen LogP contribution in [0.25, 0.3) is 0 Å². The van der Waals surface area contributed by atoms with Crippen molar-refractivity contribution in [1.82, 2.24) is 5.32 Å². The number of aliphatic hydroxyl groups is 3. The Labute approximate surface area is 113 Å². The third kappa shape index (κ3) is 4.42. The molecule has 0 radical (unpaired) electrons. The predicted octanol–water partition coefficient (Wildman–Crippen LogP) is -0.591. The van der Waals surface area contributed by atoms with E-state index in [9.17, 15) is 20.1 Å². The fourth-order valence-corrected chi connectivity index (χ4v) is 2.38. The van der Waals surface area contributed by atoms with Crippen LogP contribution in [0.1, 0.15) is 34.1 Å². The van der Waals surface area contributed by atoms with Crippen molar-refractivity contribution in [2.45, 2.75) is 64.6 Å². The van der Waals surface area contributed by atoms with Crippen LogP contribution < -0.4 is 5.32 Å². The Kier molecular flexibility index (Phi) is 5.32. The van der Waals surface area contributed by atoms with Crippen LogP contribution in [-0.4, -0.2) is 58.3 Å². The molecule has 0 bridgehead atoms. The van der Waals surface area contributed by atoms with Gasteiger partial charge < -0.3 is 25.4 Å². The van der Waals surface area contributed by atoms with Gasteiger partial charge in [0.15, 0.2) is 0 Å². The maximum atomic E-state index is 11.2. The number of hydrogen-bond acceptors (Lipinski definition) is 5. The van der Waals surface area contributed by atoms with E-state index in [2.05, 4.69) is 5.32 Å². The summed E-state index contributed by atoms with van der Waals surface area (Å²) in [5, 5.41) is 31.8. The average molecular weight is 275 g/mol. The minimum absolute atomic E-state index is 0.0661. The van der Waals surface area contributed by atoms with Gasteiger partial charge in [0.25, 0.3) is 0 Å². The third-order valence-corrected chi connectivity index (χ3v) is 3.21. The lowest BCUT2D eigenvalue weighted by Crippen LogP contribution is -2.64. The Hall–Kier alpha value is -0.690. The summed E-state index contributed by atoms with van der Waals surface area (Å²) < 4.78 is 5.63. The molecule has 1 fully saturated rings. The Balaban J connectivity index is 2.89. The average Bonchev–Trinajstić information content (AvgIpc) is 2.26. The summed E-state index contributed by atoms with van der Waals surface area (Å²) in [6, 6.07) is -0.672. The van der Waals surface area contributed by atoms with Crippen molar-refractivity contribution in [3.05, 3.63) is 0 Å². The Morgan fingerprint density at radius 2 is 1.79 bits per heavy atom. The molecule has 0 unspecified atom stereocenters. The second-order valence-corrected chi connectivity index (χ2v) is 6.37. The first-order chi connectivity index (χ1) is 8.65. The number of aliphatic hydroxyl groups excluding tert-OH is 3. The Bertz CT molecular complexity index is 315. The van der Waals surface area contributed by atoms with Gasteiger partial charge in [-0.25, -0.2) is 0 Å². The highest BCUT2D eigenvalue weighted by Gasteiger charge is 2.45. The second kappa shape index (κ2) is 6.17. The van der Waals surface area contributed by atoms with E-state index in [1.807, 2.05) is 20.8 Å². The van der Waals surface area contributed by atoms with E-state index in [0.717, 1.165) is 0 Å². The molecule has 0 aromatic carbocycles. The number of carbonyl (C=O) groups excluding carboxylic acids is 1. The molecule has 1 saturated heterocycles. The number of rotatable bonds is 3. The zero-order chi connectivity index (χ0) is 14.8. The molecule has 1 amide bonds. The molecule has 0 aromatic rings. The largest absolute Gasteiger partial charge is 0.394 e. The van der Waals surface area contributed by atoms with Crippen LogP contribution in [0.3, 0.4) is 0 Å². The van der Waals surface area contributed by atoms with E-state index >= 15 is 0 Å². The summed E-state index contributed by atoms with van der Waals surface area (Å²) in [7, 11) is 0. The molecule has 1 rings (SSSR count). The van der Waals surface area contributed by atoms with Gasteiger partial charge in [-0.1, -0.05) is 20.8 Å². The minimum Gasteiger partial charge on any atom is -0.394 e. The second-order valence-electron chi connectivity index (χ2n) is 6.37. The minimum atomic E-state index is -1.21. The summed E-state index contributed by atoms with van der Waals surface area (Å²) >= 11 is 0. The van der Waals surface area contributed by atoms with Crippen LogP contribution in [0.2, 0.25) is 0 Å². The molecule has 1 heterocycles. The molecule has 19 heavy (non-hydrogen) atoms. The van der Waals surface area contributed by atoms with Crippen LogP contribution in [-0.2, 0) is 9.53 Å². The third-order valence-electron chi connectivity index (χ3n) is 3.21. The fourth-order valence-electron chi connectivity index (χ4n) is 2.38. The molecule has 6 heteroatoms. The SMILES string of the molecule is CC(=O)N[C@@H]1[C@@H](O)[C@@H](O)[C@@H](CO)O[C@H]1CC(C)(C)C. The molecule has 1 aliphatic heterocycles. The van der Waals surface area contributed by atoms with Crippen LogP contribution in [0, 0.1) is 5.41 Å². The van der Waals surface area contributed by atoms with Crippen molar-refractivity contribution in [3.63, 3.8) is 0 Å². The predicted molar refractivity (Wildman–Crippen MR) is 69.4 cm³/mol. The molecular weight excluding hydrogens is 250 g/mol. The van der Waals surface area contributed by atoms with Crippen molar-refractivity contribution in [2.24, 2.45) is 5.41 Å². The normalized spacial score (nSPS) is 36.1. The van der Waals surface area contributed by atoms with Gasteiger partial charge in [-0.05, 0) is 11.8 Å². The van der Waals surface area contributed by atoms with Crippen molar-refractivity contribution < 1.29 is 24.9 Å². The van der Waals surface area contributed by atoms with Crippen LogP contribution in [0.15, 0.2) is 0 Å². The summed E-state index contributed by atoms with van der Waals surface area (Å²) in [6.45, 7) is 7.04. The number of nitrogens with one attached hydrogen (secondary N) is 1. The van der Waals surface area contributed by atoms with E-state index in [1.54, 1.807) is 0 Å².